The van der Waals surface area contributed by atoms with E-state index in [-0.39, 0.29) is 24.6 Å². The van der Waals surface area contributed by atoms with Gasteiger partial charge in [-0.15, -0.1) is 0 Å². The Kier molecular flexibility index (Phi) is 8.88. The summed E-state index contributed by atoms with van der Waals surface area (Å²) in [6.45, 7) is 9.63. The van der Waals surface area contributed by atoms with Crippen molar-refractivity contribution in [2.45, 2.75) is 19.3 Å². The second kappa shape index (κ2) is 11.6. The minimum Gasteiger partial charge on any atom is -0.497 e. The fraction of sp³-hybridized carbons (Fsp3) is 0.280. The average molecular weight is 424 g/mol. The van der Waals surface area contributed by atoms with Gasteiger partial charge in [-0.2, -0.15) is 0 Å². The van der Waals surface area contributed by atoms with Gasteiger partial charge < -0.3 is 18.9 Å². The molecule has 0 saturated heterocycles. The molecule has 1 unspecified atom stereocenters. The van der Waals surface area contributed by atoms with E-state index in [0.717, 1.165) is 0 Å². The normalized spacial score (nSPS) is 11.2. The third-order valence-electron chi connectivity index (χ3n) is 4.68. The molecule has 0 N–H and O–H groups in total. The highest BCUT2D eigenvalue weighted by atomic mass is 16.5. The van der Waals surface area contributed by atoms with E-state index in [4.69, 9.17) is 18.9 Å². The molecule has 1 atom stereocenters. The highest BCUT2D eigenvalue weighted by Gasteiger charge is 2.29. The molecule has 0 bridgehead atoms. The zero-order valence-corrected chi connectivity index (χ0v) is 18.2. The number of rotatable bonds is 12. The molecule has 0 aliphatic rings. The first kappa shape index (κ1) is 23.7. The first-order chi connectivity index (χ1) is 15.0. The second-order valence-corrected chi connectivity index (χ2v) is 6.63. The van der Waals surface area contributed by atoms with Gasteiger partial charge in [-0.25, -0.2) is 0 Å². The lowest BCUT2D eigenvalue weighted by Gasteiger charge is -2.21. The fourth-order valence-electron chi connectivity index (χ4n) is 3.17. The van der Waals surface area contributed by atoms with E-state index in [9.17, 15) is 9.59 Å². The van der Waals surface area contributed by atoms with Crippen molar-refractivity contribution in [3.8, 4) is 17.2 Å². The van der Waals surface area contributed by atoms with E-state index in [1.54, 1.807) is 55.7 Å². The van der Waals surface area contributed by atoms with Crippen molar-refractivity contribution < 1.29 is 28.5 Å². The number of carbonyl (C=O) groups is 2. The maximum atomic E-state index is 13.6. The van der Waals surface area contributed by atoms with Crippen molar-refractivity contribution in [2.75, 3.05) is 27.4 Å². The zero-order chi connectivity index (χ0) is 22.8. The van der Waals surface area contributed by atoms with Gasteiger partial charge in [0.05, 0.1) is 25.7 Å². The van der Waals surface area contributed by atoms with E-state index in [0.29, 0.717) is 34.8 Å². The Morgan fingerprint density at radius 1 is 0.968 bits per heavy atom. The van der Waals surface area contributed by atoms with Crippen LogP contribution in [0.15, 0.2) is 61.7 Å². The lowest BCUT2D eigenvalue weighted by molar-refractivity contribution is -0.142. The summed E-state index contributed by atoms with van der Waals surface area (Å²) in [5.74, 6) is 0.00743. The third kappa shape index (κ3) is 5.75. The fourth-order valence-corrected chi connectivity index (χ4v) is 3.17. The molecule has 31 heavy (non-hydrogen) atoms. The first-order valence-electron chi connectivity index (χ1n) is 9.92. The Bertz CT molecular complexity index is 930. The summed E-state index contributed by atoms with van der Waals surface area (Å²) in [5, 5.41) is 0. The predicted octanol–water partition coefficient (Wildman–Crippen LogP) is 4.72. The highest BCUT2D eigenvalue weighted by molar-refractivity contribution is 6.12. The smallest absolute Gasteiger partial charge is 0.313 e. The van der Waals surface area contributed by atoms with Crippen molar-refractivity contribution >= 4 is 11.8 Å². The number of hydrogen-bond acceptors (Lipinski definition) is 6. The van der Waals surface area contributed by atoms with Crippen LogP contribution in [0.5, 0.6) is 17.2 Å². The van der Waals surface area contributed by atoms with Gasteiger partial charge in [0.1, 0.15) is 30.5 Å². The molecule has 0 radical (unpaired) electrons. The summed E-state index contributed by atoms with van der Waals surface area (Å²) in [6.07, 6.45) is 3.62. The lowest BCUT2D eigenvalue weighted by atomic mass is 9.87. The molecule has 0 fully saturated rings. The Hall–Kier alpha value is -3.54. The molecule has 0 aliphatic carbocycles. The van der Waals surface area contributed by atoms with Crippen molar-refractivity contribution in [1.82, 2.24) is 0 Å². The van der Waals surface area contributed by atoms with Crippen LogP contribution in [-0.2, 0) is 9.53 Å². The molecule has 0 amide bonds. The molecule has 2 aromatic rings. The van der Waals surface area contributed by atoms with Gasteiger partial charge >= 0.3 is 5.97 Å². The molecule has 0 spiro atoms. The van der Waals surface area contributed by atoms with Crippen LogP contribution < -0.4 is 14.2 Å². The number of methoxy groups -OCH3 is 2. The average Bonchev–Trinajstić information content (AvgIpc) is 2.81. The van der Waals surface area contributed by atoms with E-state index in [2.05, 4.69) is 13.2 Å². The zero-order valence-electron chi connectivity index (χ0n) is 18.2. The molecule has 2 aromatic carbocycles. The number of ketones is 1. The van der Waals surface area contributed by atoms with Crippen LogP contribution in [0.1, 0.15) is 40.7 Å². The number of carbonyl (C=O) groups excluding carboxylic acids is 2. The molecule has 164 valence electrons. The molecule has 0 aliphatic heterocycles. The summed E-state index contributed by atoms with van der Waals surface area (Å²) in [4.78, 5) is 26.1. The van der Waals surface area contributed by atoms with Crippen molar-refractivity contribution in [2.24, 2.45) is 0 Å². The van der Waals surface area contributed by atoms with Crippen molar-refractivity contribution in [1.29, 1.82) is 0 Å². The molecule has 0 saturated carbocycles. The van der Waals surface area contributed by atoms with E-state index >= 15 is 0 Å². The Labute approximate surface area is 183 Å². The maximum absolute atomic E-state index is 13.6. The number of benzene rings is 2. The Morgan fingerprint density at radius 3 is 2.16 bits per heavy atom. The van der Waals surface area contributed by atoms with E-state index in [1.807, 2.05) is 6.92 Å². The molecule has 6 nitrogen and oxygen atoms in total. The summed E-state index contributed by atoms with van der Waals surface area (Å²) in [6, 6.07) is 10.1. The molecule has 2 rings (SSSR count). The first-order valence-corrected chi connectivity index (χ1v) is 9.92. The summed E-state index contributed by atoms with van der Waals surface area (Å²) in [5.41, 5.74) is 1.20. The van der Waals surface area contributed by atoms with Gasteiger partial charge in [0.25, 0.3) is 0 Å². The predicted molar refractivity (Wildman–Crippen MR) is 119 cm³/mol. The van der Waals surface area contributed by atoms with Crippen molar-refractivity contribution in [3.05, 3.63) is 78.4 Å². The van der Waals surface area contributed by atoms with E-state index < -0.39 is 11.9 Å². The van der Waals surface area contributed by atoms with Gasteiger partial charge in [0.2, 0.25) is 0 Å². The van der Waals surface area contributed by atoms with Crippen LogP contribution >= 0.6 is 0 Å². The third-order valence-corrected chi connectivity index (χ3v) is 4.68. The van der Waals surface area contributed by atoms with Crippen LogP contribution in [0, 0.1) is 0 Å². The van der Waals surface area contributed by atoms with Crippen LogP contribution in [0.2, 0.25) is 0 Å². The number of hydrogen-bond donors (Lipinski definition) is 0. The van der Waals surface area contributed by atoms with Gasteiger partial charge in [-0.05, 0) is 42.3 Å². The minimum absolute atomic E-state index is 0.183. The number of esters is 1. The standard InChI is InChI=1S/C25H28O6/c1-6-13-30-19-15-21(20(8-3)25(27)29-5)23(22(16-19)31-14-7-2)24(26)17-9-11-18(28-4)12-10-17/h6-7,9-12,15-16,20H,1-2,8,13-14H2,3-5H3. The van der Waals surface area contributed by atoms with Crippen LogP contribution in [-0.4, -0.2) is 39.2 Å². The minimum atomic E-state index is -0.666. The lowest BCUT2D eigenvalue weighted by Crippen LogP contribution is -2.19. The monoisotopic (exact) mass is 424 g/mol. The van der Waals surface area contributed by atoms with Gasteiger partial charge in [-0.3, -0.25) is 9.59 Å². The quantitative estimate of drug-likeness (QED) is 0.279. The maximum Gasteiger partial charge on any atom is 0.313 e. The van der Waals surface area contributed by atoms with Crippen LogP contribution in [0.25, 0.3) is 0 Å². The second-order valence-electron chi connectivity index (χ2n) is 6.63. The van der Waals surface area contributed by atoms with Gasteiger partial charge in [0.15, 0.2) is 5.78 Å². The number of ether oxygens (including phenoxy) is 4. The van der Waals surface area contributed by atoms with Crippen LogP contribution in [0.3, 0.4) is 0 Å². The molecule has 0 aromatic heterocycles. The Morgan fingerprint density at radius 2 is 1.61 bits per heavy atom. The SMILES string of the molecule is C=CCOc1cc(OCC=C)c(C(=O)c2ccc(OC)cc2)c(C(CC)C(=O)OC)c1. The van der Waals surface area contributed by atoms with E-state index in [1.165, 1.54) is 7.11 Å². The Balaban J connectivity index is 2.71. The molecular weight excluding hydrogens is 396 g/mol. The summed E-state index contributed by atoms with van der Waals surface area (Å²) >= 11 is 0. The topological polar surface area (TPSA) is 71.1 Å². The molecule has 0 heterocycles. The van der Waals surface area contributed by atoms with Crippen LogP contribution in [0.4, 0.5) is 0 Å². The van der Waals surface area contributed by atoms with Gasteiger partial charge in [-0.1, -0.05) is 32.2 Å². The largest absolute Gasteiger partial charge is 0.497 e. The molecular formula is C25H28O6. The summed E-state index contributed by atoms with van der Waals surface area (Å²) in [7, 11) is 2.88. The molecule has 6 heteroatoms. The highest BCUT2D eigenvalue weighted by Crippen LogP contribution is 2.37. The van der Waals surface area contributed by atoms with Gasteiger partial charge in [0, 0.05) is 11.6 Å². The van der Waals surface area contributed by atoms with Crippen molar-refractivity contribution in [3.63, 3.8) is 0 Å². The summed E-state index contributed by atoms with van der Waals surface area (Å²) < 4.78 is 21.7.